The Balaban J connectivity index is 2.73. The summed E-state index contributed by atoms with van der Waals surface area (Å²) in [7, 11) is 1.35. The molecule has 0 fully saturated rings. The average molecular weight is 188 g/mol. The summed E-state index contributed by atoms with van der Waals surface area (Å²) < 4.78 is 4.47. The van der Waals surface area contributed by atoms with Gasteiger partial charge in [-0.2, -0.15) is 0 Å². The van der Waals surface area contributed by atoms with Gasteiger partial charge in [-0.25, -0.2) is 4.79 Å². The summed E-state index contributed by atoms with van der Waals surface area (Å²) in [6.45, 7) is 3.66. The van der Waals surface area contributed by atoms with E-state index >= 15 is 0 Å². The molecule has 0 saturated carbocycles. The first kappa shape index (κ1) is 10.3. The number of rotatable bonds is 3. The molecule has 2 heteroatoms. The lowest BCUT2D eigenvalue weighted by Gasteiger charge is -1.94. The van der Waals surface area contributed by atoms with Crippen LogP contribution in [0.25, 0.3) is 12.2 Å². The normalized spacial score (nSPS) is 10.1. The van der Waals surface area contributed by atoms with Crippen LogP contribution < -0.4 is 0 Å². The number of carbonyl (C=O) groups is 1. The highest BCUT2D eigenvalue weighted by Gasteiger charge is 1.91. The van der Waals surface area contributed by atoms with Gasteiger partial charge in [0.2, 0.25) is 0 Å². The Kier molecular flexibility index (Phi) is 3.68. The van der Waals surface area contributed by atoms with Crippen LogP contribution in [0.4, 0.5) is 0 Å². The Morgan fingerprint density at radius 3 is 2.36 bits per heavy atom. The molecule has 2 nitrogen and oxygen atoms in total. The Labute approximate surface area is 83.5 Å². The first-order valence-corrected chi connectivity index (χ1v) is 4.25. The van der Waals surface area contributed by atoms with Crippen LogP contribution in [0.2, 0.25) is 0 Å². The molecule has 0 atom stereocenters. The van der Waals surface area contributed by atoms with E-state index in [1.807, 2.05) is 24.3 Å². The highest BCUT2D eigenvalue weighted by atomic mass is 16.5. The van der Waals surface area contributed by atoms with E-state index in [0.29, 0.717) is 0 Å². The minimum atomic E-state index is -0.349. The molecule has 72 valence electrons. The lowest BCUT2D eigenvalue weighted by molar-refractivity contribution is -0.134. The maximum Gasteiger partial charge on any atom is 0.330 e. The van der Waals surface area contributed by atoms with Gasteiger partial charge >= 0.3 is 5.97 Å². The van der Waals surface area contributed by atoms with E-state index < -0.39 is 0 Å². The Bertz CT molecular complexity index is 347. The van der Waals surface area contributed by atoms with Gasteiger partial charge in [-0.15, -0.1) is 0 Å². The molecule has 0 unspecified atom stereocenters. The standard InChI is InChI=1S/C12H12O2/c1-3-10-4-6-11(7-5-10)8-9-12(13)14-2/h3-9H,1H2,2H3/b9-8+. The number of ether oxygens (including phenoxy) is 1. The van der Waals surface area contributed by atoms with Crippen molar-refractivity contribution in [3.05, 3.63) is 48.0 Å². The van der Waals surface area contributed by atoms with E-state index in [4.69, 9.17) is 0 Å². The van der Waals surface area contributed by atoms with Crippen molar-refractivity contribution in [1.82, 2.24) is 0 Å². The molecule has 0 aliphatic heterocycles. The van der Waals surface area contributed by atoms with E-state index in [9.17, 15) is 4.79 Å². The van der Waals surface area contributed by atoms with Crippen molar-refractivity contribution in [2.24, 2.45) is 0 Å². The van der Waals surface area contributed by atoms with Crippen molar-refractivity contribution in [2.45, 2.75) is 0 Å². The van der Waals surface area contributed by atoms with Crippen molar-refractivity contribution in [2.75, 3.05) is 7.11 Å². The predicted octanol–water partition coefficient (Wildman–Crippen LogP) is 2.52. The molecule has 0 aromatic heterocycles. The fourth-order valence-electron chi connectivity index (χ4n) is 0.976. The molecular weight excluding hydrogens is 176 g/mol. The fraction of sp³-hybridized carbons (Fsp3) is 0.0833. The summed E-state index contributed by atoms with van der Waals surface area (Å²) in [5.74, 6) is -0.349. The fourth-order valence-corrected chi connectivity index (χ4v) is 0.976. The lowest BCUT2D eigenvalue weighted by Crippen LogP contribution is -1.93. The minimum absolute atomic E-state index is 0.349. The molecule has 0 spiro atoms. The van der Waals surface area contributed by atoms with E-state index in [1.54, 1.807) is 12.2 Å². The highest BCUT2D eigenvalue weighted by Crippen LogP contribution is 2.06. The van der Waals surface area contributed by atoms with Crippen molar-refractivity contribution in [3.63, 3.8) is 0 Å². The molecule has 0 N–H and O–H groups in total. The van der Waals surface area contributed by atoms with Gasteiger partial charge in [0.25, 0.3) is 0 Å². The summed E-state index contributed by atoms with van der Waals surface area (Å²) in [5.41, 5.74) is 2.02. The van der Waals surface area contributed by atoms with Crippen LogP contribution in [0.5, 0.6) is 0 Å². The van der Waals surface area contributed by atoms with Crippen molar-refractivity contribution in [3.8, 4) is 0 Å². The maximum atomic E-state index is 10.8. The summed E-state index contributed by atoms with van der Waals surface area (Å²) in [5, 5.41) is 0. The predicted molar refractivity (Wildman–Crippen MR) is 57.6 cm³/mol. The summed E-state index contributed by atoms with van der Waals surface area (Å²) in [6.07, 6.45) is 4.87. The minimum Gasteiger partial charge on any atom is -0.466 e. The quantitative estimate of drug-likeness (QED) is 0.538. The topological polar surface area (TPSA) is 26.3 Å². The van der Waals surface area contributed by atoms with Crippen LogP contribution >= 0.6 is 0 Å². The molecule has 0 aliphatic carbocycles. The van der Waals surface area contributed by atoms with Gasteiger partial charge in [0.15, 0.2) is 0 Å². The first-order chi connectivity index (χ1) is 6.76. The van der Waals surface area contributed by atoms with Crippen molar-refractivity contribution in [1.29, 1.82) is 0 Å². The molecule has 1 aromatic rings. The highest BCUT2D eigenvalue weighted by molar-refractivity contribution is 5.86. The monoisotopic (exact) mass is 188 g/mol. The number of carbonyl (C=O) groups excluding carboxylic acids is 1. The van der Waals surface area contributed by atoms with Gasteiger partial charge in [-0.05, 0) is 17.2 Å². The molecule has 1 aromatic carbocycles. The van der Waals surface area contributed by atoms with Gasteiger partial charge in [-0.1, -0.05) is 36.9 Å². The second-order valence-electron chi connectivity index (χ2n) is 2.73. The van der Waals surface area contributed by atoms with Gasteiger partial charge in [0.1, 0.15) is 0 Å². The van der Waals surface area contributed by atoms with Crippen LogP contribution in [0, 0.1) is 0 Å². The molecular formula is C12H12O2. The third-order valence-corrected chi connectivity index (χ3v) is 1.79. The Morgan fingerprint density at radius 1 is 1.29 bits per heavy atom. The number of benzene rings is 1. The molecule has 0 radical (unpaired) electrons. The Hall–Kier alpha value is -1.83. The number of methoxy groups -OCH3 is 1. The number of esters is 1. The van der Waals surface area contributed by atoms with Crippen LogP contribution in [-0.2, 0) is 9.53 Å². The van der Waals surface area contributed by atoms with Gasteiger partial charge in [-0.3, -0.25) is 0 Å². The molecule has 0 aliphatic rings. The van der Waals surface area contributed by atoms with Gasteiger partial charge < -0.3 is 4.74 Å². The van der Waals surface area contributed by atoms with Crippen LogP contribution in [0.1, 0.15) is 11.1 Å². The third kappa shape index (κ3) is 2.90. The van der Waals surface area contributed by atoms with Crippen LogP contribution in [0.15, 0.2) is 36.9 Å². The summed E-state index contributed by atoms with van der Waals surface area (Å²) >= 11 is 0. The van der Waals surface area contributed by atoms with Crippen LogP contribution in [-0.4, -0.2) is 13.1 Å². The first-order valence-electron chi connectivity index (χ1n) is 4.25. The smallest absolute Gasteiger partial charge is 0.330 e. The lowest BCUT2D eigenvalue weighted by atomic mass is 10.1. The van der Waals surface area contributed by atoms with E-state index in [1.165, 1.54) is 13.2 Å². The van der Waals surface area contributed by atoms with E-state index in [0.717, 1.165) is 11.1 Å². The Morgan fingerprint density at radius 2 is 1.86 bits per heavy atom. The zero-order valence-corrected chi connectivity index (χ0v) is 8.07. The van der Waals surface area contributed by atoms with E-state index in [-0.39, 0.29) is 5.97 Å². The molecule has 0 bridgehead atoms. The SMILES string of the molecule is C=Cc1ccc(/C=C/C(=O)OC)cc1. The molecule has 14 heavy (non-hydrogen) atoms. The zero-order valence-electron chi connectivity index (χ0n) is 8.07. The largest absolute Gasteiger partial charge is 0.466 e. The zero-order chi connectivity index (χ0) is 10.4. The molecule has 0 amide bonds. The third-order valence-electron chi connectivity index (χ3n) is 1.79. The van der Waals surface area contributed by atoms with Gasteiger partial charge in [0.05, 0.1) is 7.11 Å². The van der Waals surface area contributed by atoms with E-state index in [2.05, 4.69) is 11.3 Å². The van der Waals surface area contributed by atoms with Crippen molar-refractivity contribution < 1.29 is 9.53 Å². The summed E-state index contributed by atoms with van der Waals surface area (Å²) in [4.78, 5) is 10.8. The second kappa shape index (κ2) is 5.02. The second-order valence-corrected chi connectivity index (χ2v) is 2.73. The molecule has 1 rings (SSSR count). The number of hydrogen-bond acceptors (Lipinski definition) is 2. The van der Waals surface area contributed by atoms with Gasteiger partial charge in [0, 0.05) is 6.08 Å². The molecule has 0 heterocycles. The van der Waals surface area contributed by atoms with Crippen LogP contribution in [0.3, 0.4) is 0 Å². The summed E-state index contributed by atoms with van der Waals surface area (Å²) in [6, 6.07) is 7.70. The average Bonchev–Trinajstić information content (AvgIpc) is 2.26. The maximum absolute atomic E-state index is 10.8. The van der Waals surface area contributed by atoms with Crippen molar-refractivity contribution >= 4 is 18.1 Å². The molecule has 0 saturated heterocycles. The number of hydrogen-bond donors (Lipinski definition) is 0.